The smallest absolute Gasteiger partial charge is 0.269 e. The van der Waals surface area contributed by atoms with Gasteiger partial charge in [-0.2, -0.15) is 5.10 Å². The number of nitrogens with zero attached hydrogens (tertiary/aromatic N) is 3. The maximum absolute atomic E-state index is 10.7. The molecule has 100 valence electrons. The first-order chi connectivity index (χ1) is 9.08. The molecule has 1 heterocycles. The van der Waals surface area contributed by atoms with Crippen molar-refractivity contribution in [2.24, 2.45) is 7.05 Å². The number of hydrogen-bond donors (Lipinski definition) is 1. The average Bonchev–Trinajstić information content (AvgIpc) is 2.82. The van der Waals surface area contributed by atoms with Gasteiger partial charge in [-0.25, -0.2) is 0 Å². The second-order valence-electron chi connectivity index (χ2n) is 4.41. The Kier molecular flexibility index (Phi) is 3.91. The maximum Gasteiger partial charge on any atom is 0.269 e. The van der Waals surface area contributed by atoms with Gasteiger partial charge in [-0.3, -0.25) is 14.8 Å². The Morgan fingerprint density at radius 2 is 2.26 bits per heavy atom. The zero-order valence-electron chi connectivity index (χ0n) is 10.9. The van der Waals surface area contributed by atoms with Crippen LogP contribution in [0.15, 0.2) is 36.5 Å². The molecule has 0 saturated carbocycles. The number of aromatic nitrogens is 2. The van der Waals surface area contributed by atoms with Crippen LogP contribution in [0.5, 0.6) is 0 Å². The number of nitro benzene ring substituents is 1. The van der Waals surface area contributed by atoms with E-state index in [-0.39, 0.29) is 16.7 Å². The molecular weight excluding hydrogens is 244 g/mol. The topological polar surface area (TPSA) is 73.0 Å². The summed E-state index contributed by atoms with van der Waals surface area (Å²) in [5.74, 6) is 0. The molecule has 0 aliphatic rings. The molecule has 0 amide bonds. The second kappa shape index (κ2) is 5.62. The Labute approximate surface area is 111 Å². The number of nitrogens with one attached hydrogen (secondary N) is 1. The largest absolute Gasteiger partial charge is 0.305 e. The van der Waals surface area contributed by atoms with Gasteiger partial charge < -0.3 is 5.32 Å². The van der Waals surface area contributed by atoms with E-state index in [4.69, 9.17) is 0 Å². The van der Waals surface area contributed by atoms with Crippen molar-refractivity contribution in [3.63, 3.8) is 0 Å². The predicted octanol–water partition coefficient (Wildman–Crippen LogP) is 2.18. The van der Waals surface area contributed by atoms with Crippen LogP contribution in [0.2, 0.25) is 0 Å². The van der Waals surface area contributed by atoms with Crippen LogP contribution >= 0.6 is 0 Å². The SMILES string of the molecule is CC(NCc1cccc([N+](=O)[O-])c1)c1ccnn1C. The van der Waals surface area contributed by atoms with E-state index in [2.05, 4.69) is 10.4 Å². The normalized spacial score (nSPS) is 12.3. The highest BCUT2D eigenvalue weighted by Crippen LogP contribution is 2.15. The Morgan fingerprint density at radius 3 is 2.89 bits per heavy atom. The summed E-state index contributed by atoms with van der Waals surface area (Å²) in [5.41, 5.74) is 2.08. The van der Waals surface area contributed by atoms with Crippen molar-refractivity contribution in [3.05, 3.63) is 57.9 Å². The highest BCUT2D eigenvalue weighted by molar-refractivity contribution is 5.34. The van der Waals surface area contributed by atoms with E-state index in [1.165, 1.54) is 6.07 Å². The average molecular weight is 260 g/mol. The van der Waals surface area contributed by atoms with E-state index in [9.17, 15) is 10.1 Å². The molecule has 0 aliphatic heterocycles. The van der Waals surface area contributed by atoms with E-state index < -0.39 is 0 Å². The lowest BCUT2D eigenvalue weighted by Gasteiger charge is -2.14. The van der Waals surface area contributed by atoms with Crippen LogP contribution in [0.4, 0.5) is 5.69 Å². The van der Waals surface area contributed by atoms with E-state index in [0.29, 0.717) is 6.54 Å². The molecule has 0 radical (unpaired) electrons. The van der Waals surface area contributed by atoms with Crippen LogP contribution in [-0.2, 0) is 13.6 Å². The van der Waals surface area contributed by atoms with Crippen LogP contribution in [-0.4, -0.2) is 14.7 Å². The number of nitro groups is 1. The van der Waals surface area contributed by atoms with E-state index in [1.807, 2.05) is 30.8 Å². The molecule has 0 spiro atoms. The second-order valence-corrected chi connectivity index (χ2v) is 4.41. The van der Waals surface area contributed by atoms with Crippen LogP contribution in [0.1, 0.15) is 24.2 Å². The summed E-state index contributed by atoms with van der Waals surface area (Å²) in [4.78, 5) is 10.3. The summed E-state index contributed by atoms with van der Waals surface area (Å²) in [6.45, 7) is 2.61. The first-order valence-electron chi connectivity index (χ1n) is 6.02. The van der Waals surface area contributed by atoms with Crippen molar-refractivity contribution in [1.82, 2.24) is 15.1 Å². The molecule has 6 nitrogen and oxygen atoms in total. The van der Waals surface area contributed by atoms with Crippen LogP contribution in [0.3, 0.4) is 0 Å². The van der Waals surface area contributed by atoms with Gasteiger partial charge in [0.1, 0.15) is 0 Å². The Bertz CT molecular complexity index is 580. The summed E-state index contributed by atoms with van der Waals surface area (Å²) < 4.78 is 1.81. The molecule has 0 aliphatic carbocycles. The van der Waals surface area contributed by atoms with E-state index in [1.54, 1.807) is 18.3 Å². The molecule has 19 heavy (non-hydrogen) atoms. The zero-order chi connectivity index (χ0) is 13.8. The van der Waals surface area contributed by atoms with Gasteiger partial charge in [0.15, 0.2) is 0 Å². The summed E-state index contributed by atoms with van der Waals surface area (Å²) in [7, 11) is 1.89. The first kappa shape index (κ1) is 13.2. The van der Waals surface area contributed by atoms with Gasteiger partial charge in [-0.05, 0) is 18.6 Å². The molecule has 1 aromatic heterocycles. The van der Waals surface area contributed by atoms with Crippen molar-refractivity contribution in [1.29, 1.82) is 0 Å². The summed E-state index contributed by atoms with van der Waals surface area (Å²) in [6, 6.07) is 8.73. The molecule has 6 heteroatoms. The molecule has 0 saturated heterocycles. The monoisotopic (exact) mass is 260 g/mol. The van der Waals surface area contributed by atoms with Crippen LogP contribution < -0.4 is 5.32 Å². The highest BCUT2D eigenvalue weighted by atomic mass is 16.6. The fraction of sp³-hybridized carbons (Fsp3) is 0.308. The number of non-ortho nitro benzene ring substituents is 1. The van der Waals surface area contributed by atoms with Crippen molar-refractivity contribution in [3.8, 4) is 0 Å². The lowest BCUT2D eigenvalue weighted by molar-refractivity contribution is -0.384. The molecule has 1 aromatic carbocycles. The Morgan fingerprint density at radius 1 is 1.47 bits per heavy atom. The van der Waals surface area contributed by atoms with Crippen LogP contribution in [0.25, 0.3) is 0 Å². The summed E-state index contributed by atoms with van der Waals surface area (Å²) in [6.07, 6.45) is 1.75. The molecular formula is C13H16N4O2. The van der Waals surface area contributed by atoms with Gasteiger partial charge in [-0.1, -0.05) is 12.1 Å². The number of aryl methyl sites for hydroxylation is 1. The number of rotatable bonds is 5. The minimum Gasteiger partial charge on any atom is -0.305 e. The third kappa shape index (κ3) is 3.17. The third-order valence-corrected chi connectivity index (χ3v) is 3.04. The summed E-state index contributed by atoms with van der Waals surface area (Å²) in [5, 5.41) is 18.1. The van der Waals surface area contributed by atoms with Gasteiger partial charge >= 0.3 is 0 Å². The fourth-order valence-corrected chi connectivity index (χ4v) is 1.96. The van der Waals surface area contributed by atoms with Gasteiger partial charge in [0.05, 0.1) is 10.6 Å². The minimum atomic E-state index is -0.381. The molecule has 0 fully saturated rings. The molecule has 1 unspecified atom stereocenters. The highest BCUT2D eigenvalue weighted by Gasteiger charge is 2.10. The van der Waals surface area contributed by atoms with Gasteiger partial charge in [0, 0.05) is 38.0 Å². The predicted molar refractivity (Wildman–Crippen MR) is 71.6 cm³/mol. The quantitative estimate of drug-likeness (QED) is 0.660. The van der Waals surface area contributed by atoms with Crippen molar-refractivity contribution < 1.29 is 4.92 Å². The van der Waals surface area contributed by atoms with E-state index >= 15 is 0 Å². The first-order valence-corrected chi connectivity index (χ1v) is 6.02. The lowest BCUT2D eigenvalue weighted by atomic mass is 10.1. The zero-order valence-corrected chi connectivity index (χ0v) is 10.9. The maximum atomic E-state index is 10.7. The standard InChI is InChI=1S/C13H16N4O2/c1-10(13-6-7-15-16(13)2)14-9-11-4-3-5-12(8-11)17(18)19/h3-8,10,14H,9H2,1-2H3. The van der Waals surface area contributed by atoms with Crippen molar-refractivity contribution in [2.75, 3.05) is 0 Å². The summed E-state index contributed by atoms with van der Waals surface area (Å²) >= 11 is 0. The Hall–Kier alpha value is -2.21. The molecule has 2 aromatic rings. The third-order valence-electron chi connectivity index (χ3n) is 3.04. The van der Waals surface area contributed by atoms with Gasteiger partial charge in [0.2, 0.25) is 0 Å². The Balaban J connectivity index is 2.01. The minimum absolute atomic E-state index is 0.118. The van der Waals surface area contributed by atoms with E-state index in [0.717, 1.165) is 11.3 Å². The number of benzene rings is 1. The van der Waals surface area contributed by atoms with Crippen molar-refractivity contribution >= 4 is 5.69 Å². The molecule has 1 atom stereocenters. The van der Waals surface area contributed by atoms with Gasteiger partial charge in [0.25, 0.3) is 5.69 Å². The van der Waals surface area contributed by atoms with Gasteiger partial charge in [-0.15, -0.1) is 0 Å². The number of hydrogen-bond acceptors (Lipinski definition) is 4. The van der Waals surface area contributed by atoms with Crippen molar-refractivity contribution in [2.45, 2.75) is 19.5 Å². The molecule has 0 bridgehead atoms. The van der Waals surface area contributed by atoms with Crippen LogP contribution in [0, 0.1) is 10.1 Å². The fourth-order valence-electron chi connectivity index (χ4n) is 1.96. The molecule has 1 N–H and O–H groups in total. The lowest BCUT2D eigenvalue weighted by Crippen LogP contribution is -2.20. The molecule has 2 rings (SSSR count).